The van der Waals surface area contributed by atoms with Gasteiger partial charge in [-0.1, -0.05) is 11.6 Å². The van der Waals surface area contributed by atoms with Crippen LogP contribution in [-0.2, 0) is 9.84 Å². The molecule has 1 aromatic heterocycles. The van der Waals surface area contributed by atoms with Crippen molar-refractivity contribution in [2.24, 2.45) is 0 Å². The molecule has 0 aliphatic carbocycles. The number of benzene rings is 1. The summed E-state index contributed by atoms with van der Waals surface area (Å²) in [5.74, 6) is -0.227. The van der Waals surface area contributed by atoms with E-state index in [1.165, 1.54) is 12.1 Å². The van der Waals surface area contributed by atoms with Gasteiger partial charge >= 0.3 is 0 Å². The first-order valence-corrected chi connectivity index (χ1v) is 10.4. The molecule has 0 unspecified atom stereocenters. The number of carbonyl (C=O) groups is 1. The third-order valence-electron chi connectivity index (χ3n) is 4.61. The Kier molecular flexibility index (Phi) is 5.12. The predicted molar refractivity (Wildman–Crippen MR) is 97.4 cm³/mol. The van der Waals surface area contributed by atoms with Crippen LogP contribution in [0.1, 0.15) is 34.2 Å². The molecule has 0 radical (unpaired) electrons. The zero-order valence-corrected chi connectivity index (χ0v) is 16.0. The van der Waals surface area contributed by atoms with Gasteiger partial charge in [-0.2, -0.15) is 0 Å². The van der Waals surface area contributed by atoms with Crippen molar-refractivity contribution in [2.45, 2.75) is 26.3 Å². The van der Waals surface area contributed by atoms with Crippen LogP contribution < -0.4 is 4.74 Å². The van der Waals surface area contributed by atoms with Crippen LogP contribution in [0.15, 0.2) is 24.3 Å². The molecule has 0 spiro atoms. The second kappa shape index (κ2) is 7.04. The number of ether oxygens (including phenoxy) is 1. The molecule has 0 N–H and O–H groups in total. The monoisotopic (exact) mass is 399 g/mol. The first kappa shape index (κ1) is 18.9. The van der Waals surface area contributed by atoms with Gasteiger partial charge < -0.3 is 9.30 Å². The summed E-state index contributed by atoms with van der Waals surface area (Å²) >= 11 is 5.90. The van der Waals surface area contributed by atoms with Gasteiger partial charge in [0.1, 0.15) is 11.6 Å². The number of aromatic nitrogens is 1. The average Bonchev–Trinajstić information content (AvgIpc) is 3.05. The lowest BCUT2D eigenvalue weighted by Gasteiger charge is -2.16. The number of carbonyl (C=O) groups excluding carboxylic acids is 1. The number of Topliss-reactive ketones (excluding diaryl/α,β-unsaturated/α-hetero) is 1. The van der Waals surface area contributed by atoms with Gasteiger partial charge in [0.25, 0.3) is 0 Å². The minimum atomic E-state index is -3.02. The van der Waals surface area contributed by atoms with Crippen molar-refractivity contribution in [3.05, 3.63) is 52.1 Å². The van der Waals surface area contributed by atoms with E-state index in [-0.39, 0.29) is 40.7 Å². The Morgan fingerprint density at radius 1 is 1.35 bits per heavy atom. The molecule has 0 saturated carbocycles. The molecule has 140 valence electrons. The van der Waals surface area contributed by atoms with E-state index >= 15 is 0 Å². The Morgan fingerprint density at radius 3 is 2.69 bits per heavy atom. The molecular formula is C18H19ClFNO4S. The molecule has 1 saturated heterocycles. The number of halogens is 2. The van der Waals surface area contributed by atoms with Crippen molar-refractivity contribution in [3.63, 3.8) is 0 Å². The molecule has 26 heavy (non-hydrogen) atoms. The van der Waals surface area contributed by atoms with Gasteiger partial charge in [0.2, 0.25) is 5.78 Å². The van der Waals surface area contributed by atoms with Crippen LogP contribution in [0.4, 0.5) is 4.39 Å². The highest BCUT2D eigenvalue weighted by molar-refractivity contribution is 7.91. The largest absolute Gasteiger partial charge is 0.484 e. The fourth-order valence-corrected chi connectivity index (χ4v) is 5.34. The molecule has 8 heteroatoms. The smallest absolute Gasteiger partial charge is 0.202 e. The highest BCUT2D eigenvalue weighted by atomic mass is 35.5. The van der Waals surface area contributed by atoms with Crippen LogP contribution in [0.5, 0.6) is 5.75 Å². The summed E-state index contributed by atoms with van der Waals surface area (Å²) in [6.07, 6.45) is 0.550. The molecule has 1 atom stereocenters. The van der Waals surface area contributed by atoms with Crippen molar-refractivity contribution in [1.82, 2.24) is 4.57 Å². The van der Waals surface area contributed by atoms with Crippen molar-refractivity contribution in [2.75, 3.05) is 18.1 Å². The Balaban J connectivity index is 1.77. The number of hydrogen-bond donors (Lipinski definition) is 0. The van der Waals surface area contributed by atoms with E-state index in [9.17, 15) is 17.6 Å². The number of ketones is 1. The SMILES string of the molecule is Cc1cc(C(=O)COc2ccc(F)cc2Cl)c(C)n1[C@H]1CCS(=O)(=O)C1. The lowest BCUT2D eigenvalue weighted by atomic mass is 10.1. The van der Waals surface area contributed by atoms with Gasteiger partial charge in [-0.05, 0) is 44.5 Å². The molecule has 5 nitrogen and oxygen atoms in total. The van der Waals surface area contributed by atoms with Gasteiger partial charge in [-0.3, -0.25) is 4.79 Å². The standard InChI is InChI=1S/C18H19ClFNO4S/c1-11-7-15(12(2)21(11)14-5-6-26(23,24)10-14)17(22)9-25-18-4-3-13(20)8-16(18)19/h3-4,7-8,14H,5-6,9-10H2,1-2H3/t14-/m0/s1. The summed E-state index contributed by atoms with van der Waals surface area (Å²) in [5.41, 5.74) is 2.06. The van der Waals surface area contributed by atoms with Crippen LogP contribution in [-0.4, -0.2) is 36.9 Å². The number of rotatable bonds is 5. The van der Waals surface area contributed by atoms with Crippen LogP contribution >= 0.6 is 11.6 Å². The van der Waals surface area contributed by atoms with E-state index in [1.54, 1.807) is 13.0 Å². The van der Waals surface area contributed by atoms with Gasteiger partial charge in [-0.25, -0.2) is 12.8 Å². The normalized spacial score (nSPS) is 18.8. The minimum Gasteiger partial charge on any atom is -0.484 e. The average molecular weight is 400 g/mol. The highest BCUT2D eigenvalue weighted by Gasteiger charge is 2.31. The summed E-state index contributed by atoms with van der Waals surface area (Å²) in [6.45, 7) is 3.42. The third-order valence-corrected chi connectivity index (χ3v) is 6.66. The molecule has 1 aliphatic rings. The second-order valence-corrected chi connectivity index (χ2v) is 9.13. The minimum absolute atomic E-state index is 0.0959. The first-order chi connectivity index (χ1) is 12.2. The molecular weight excluding hydrogens is 381 g/mol. The van der Waals surface area contributed by atoms with E-state index in [1.807, 2.05) is 11.5 Å². The fraction of sp³-hybridized carbons (Fsp3) is 0.389. The van der Waals surface area contributed by atoms with Crippen molar-refractivity contribution >= 4 is 27.2 Å². The topological polar surface area (TPSA) is 65.4 Å². The fourth-order valence-electron chi connectivity index (χ4n) is 3.41. The Hall–Kier alpha value is -1.86. The maximum absolute atomic E-state index is 13.1. The van der Waals surface area contributed by atoms with Gasteiger partial charge in [0.15, 0.2) is 16.4 Å². The number of sulfone groups is 1. The number of aryl methyl sites for hydroxylation is 1. The first-order valence-electron chi connectivity index (χ1n) is 8.18. The Labute approximate surface area is 156 Å². The lowest BCUT2D eigenvalue weighted by Crippen LogP contribution is -2.16. The van der Waals surface area contributed by atoms with Gasteiger partial charge in [0.05, 0.1) is 16.5 Å². The van der Waals surface area contributed by atoms with Crippen molar-refractivity contribution < 1.29 is 22.3 Å². The molecule has 2 aromatic rings. The third kappa shape index (κ3) is 3.78. The summed E-state index contributed by atoms with van der Waals surface area (Å²) in [4.78, 5) is 12.6. The van der Waals surface area contributed by atoms with Crippen molar-refractivity contribution in [3.8, 4) is 5.75 Å². The molecule has 0 amide bonds. The highest BCUT2D eigenvalue weighted by Crippen LogP contribution is 2.30. The molecule has 1 aromatic carbocycles. The second-order valence-electron chi connectivity index (χ2n) is 6.50. The van der Waals surface area contributed by atoms with Gasteiger partial charge in [-0.15, -0.1) is 0 Å². The summed E-state index contributed by atoms with van der Waals surface area (Å²) in [6, 6.07) is 5.30. The zero-order valence-electron chi connectivity index (χ0n) is 14.5. The van der Waals surface area contributed by atoms with Crippen molar-refractivity contribution in [1.29, 1.82) is 0 Å². The maximum Gasteiger partial charge on any atom is 0.202 e. The quantitative estimate of drug-likeness (QED) is 0.721. The van der Waals surface area contributed by atoms with E-state index in [0.29, 0.717) is 12.0 Å². The summed E-state index contributed by atoms with van der Waals surface area (Å²) in [5, 5.41) is 0.0967. The number of hydrogen-bond acceptors (Lipinski definition) is 4. The number of nitrogens with zero attached hydrogens (tertiary/aromatic N) is 1. The van der Waals surface area contributed by atoms with E-state index in [4.69, 9.17) is 16.3 Å². The molecule has 2 heterocycles. The molecule has 1 fully saturated rings. The Bertz CT molecular complexity index is 968. The van der Waals surface area contributed by atoms with Crippen LogP contribution in [0.3, 0.4) is 0 Å². The zero-order chi connectivity index (χ0) is 19.1. The molecule has 1 aliphatic heterocycles. The van der Waals surface area contributed by atoms with Gasteiger partial charge in [0, 0.05) is 23.0 Å². The van der Waals surface area contributed by atoms with E-state index < -0.39 is 15.7 Å². The predicted octanol–water partition coefficient (Wildman–Crippen LogP) is 3.52. The van der Waals surface area contributed by atoms with E-state index in [0.717, 1.165) is 17.5 Å². The lowest BCUT2D eigenvalue weighted by molar-refractivity contribution is 0.0921. The molecule has 0 bridgehead atoms. The summed E-state index contributed by atoms with van der Waals surface area (Å²) in [7, 11) is -3.02. The Morgan fingerprint density at radius 2 is 2.08 bits per heavy atom. The van der Waals surface area contributed by atoms with Crippen LogP contribution in [0, 0.1) is 19.7 Å². The maximum atomic E-state index is 13.1. The van der Waals surface area contributed by atoms with Crippen LogP contribution in [0.25, 0.3) is 0 Å². The molecule has 3 rings (SSSR count). The van der Waals surface area contributed by atoms with E-state index in [2.05, 4.69) is 0 Å². The summed E-state index contributed by atoms with van der Waals surface area (Å²) < 4.78 is 43.9. The van der Waals surface area contributed by atoms with Crippen LogP contribution in [0.2, 0.25) is 5.02 Å².